The second kappa shape index (κ2) is 9.02. The van der Waals surface area contributed by atoms with Gasteiger partial charge in [-0.25, -0.2) is 15.0 Å². The van der Waals surface area contributed by atoms with Crippen LogP contribution in [0.5, 0.6) is 5.75 Å². The molecule has 2 heterocycles. The predicted molar refractivity (Wildman–Crippen MR) is 125 cm³/mol. The highest BCUT2D eigenvalue weighted by Crippen LogP contribution is 2.27. The summed E-state index contributed by atoms with van der Waals surface area (Å²) in [6, 6.07) is 12.8. The second-order valence-electron chi connectivity index (χ2n) is 6.86. The van der Waals surface area contributed by atoms with E-state index in [4.69, 9.17) is 4.74 Å². The number of nitrogens with one attached hydrogen (secondary N) is 2. The fraction of sp³-hybridized carbons (Fsp3) is 0.0833. The number of hydrogen-bond acceptors (Lipinski definition) is 7. The number of carbonyl (C=O) groups excluding carboxylic acids is 1. The molecule has 3 aromatic rings. The standard InChI is InChI=1S/C24H20N6O2/c1-4-5-22(31)28-18-8-11-21-20(13-18)24(26-14-25-21)29-17-6-9-19(10-7-17)32-23-12-16(2)30(3)15-27-23/h6-15H,2H2,1,3H3,(H,28,31)(H,25,26,29). The van der Waals surface area contributed by atoms with Crippen LogP contribution in [-0.4, -0.2) is 34.2 Å². The molecule has 8 heteroatoms. The van der Waals surface area contributed by atoms with Gasteiger partial charge in [-0.1, -0.05) is 12.5 Å². The predicted octanol–water partition coefficient (Wildman–Crippen LogP) is 4.04. The van der Waals surface area contributed by atoms with Crippen LogP contribution in [0, 0.1) is 11.8 Å². The van der Waals surface area contributed by atoms with Gasteiger partial charge in [0, 0.05) is 35.6 Å². The van der Waals surface area contributed by atoms with Crippen molar-refractivity contribution in [3.8, 4) is 17.6 Å². The summed E-state index contributed by atoms with van der Waals surface area (Å²) >= 11 is 0. The van der Waals surface area contributed by atoms with Crippen molar-refractivity contribution in [3.63, 3.8) is 0 Å². The van der Waals surface area contributed by atoms with E-state index in [-0.39, 0.29) is 5.91 Å². The number of anilines is 3. The van der Waals surface area contributed by atoms with E-state index >= 15 is 0 Å². The smallest absolute Gasteiger partial charge is 0.300 e. The van der Waals surface area contributed by atoms with Crippen LogP contribution in [0.15, 0.2) is 78.0 Å². The van der Waals surface area contributed by atoms with Crippen LogP contribution in [0.4, 0.5) is 17.2 Å². The zero-order valence-electron chi connectivity index (χ0n) is 17.6. The van der Waals surface area contributed by atoms with Gasteiger partial charge in [0.15, 0.2) is 0 Å². The minimum absolute atomic E-state index is 0.374. The second-order valence-corrected chi connectivity index (χ2v) is 6.86. The number of benzene rings is 2. The third-order valence-corrected chi connectivity index (χ3v) is 4.57. The average Bonchev–Trinajstić information content (AvgIpc) is 2.78. The molecule has 0 fully saturated rings. The molecule has 1 aromatic heterocycles. The summed E-state index contributed by atoms with van der Waals surface area (Å²) < 4.78 is 5.79. The van der Waals surface area contributed by atoms with Gasteiger partial charge in [0.2, 0.25) is 5.88 Å². The van der Waals surface area contributed by atoms with E-state index in [0.29, 0.717) is 23.1 Å². The van der Waals surface area contributed by atoms with Gasteiger partial charge < -0.3 is 20.3 Å². The van der Waals surface area contributed by atoms with Gasteiger partial charge in [0.25, 0.3) is 5.91 Å². The van der Waals surface area contributed by atoms with Crippen LogP contribution in [0.1, 0.15) is 6.92 Å². The molecule has 32 heavy (non-hydrogen) atoms. The molecule has 1 aliphatic rings. The molecule has 4 rings (SSSR count). The maximum absolute atomic E-state index is 11.8. The first-order valence-electron chi connectivity index (χ1n) is 9.73. The van der Waals surface area contributed by atoms with Crippen LogP contribution in [-0.2, 0) is 4.79 Å². The largest absolute Gasteiger partial charge is 0.439 e. The van der Waals surface area contributed by atoms with Gasteiger partial charge in [-0.2, -0.15) is 0 Å². The number of carbonyl (C=O) groups is 1. The van der Waals surface area contributed by atoms with Crippen molar-refractivity contribution in [3.05, 3.63) is 73.0 Å². The number of hydrogen-bond donors (Lipinski definition) is 2. The fourth-order valence-corrected chi connectivity index (χ4v) is 2.93. The summed E-state index contributed by atoms with van der Waals surface area (Å²) in [7, 11) is 1.87. The number of fused-ring (bicyclic) bond motifs is 1. The Balaban J connectivity index is 1.52. The molecular formula is C24H20N6O2. The van der Waals surface area contributed by atoms with Crippen LogP contribution >= 0.6 is 0 Å². The van der Waals surface area contributed by atoms with Gasteiger partial charge >= 0.3 is 0 Å². The first kappa shape index (κ1) is 20.6. The number of allylic oxidation sites excluding steroid dienone is 1. The van der Waals surface area contributed by atoms with E-state index in [9.17, 15) is 4.79 Å². The lowest BCUT2D eigenvalue weighted by Gasteiger charge is -2.18. The van der Waals surface area contributed by atoms with Gasteiger partial charge in [-0.05, 0) is 55.3 Å². The fourth-order valence-electron chi connectivity index (χ4n) is 2.93. The van der Waals surface area contributed by atoms with Crippen molar-refractivity contribution in [1.82, 2.24) is 14.9 Å². The molecule has 1 amide bonds. The molecular weight excluding hydrogens is 404 g/mol. The molecule has 8 nitrogen and oxygen atoms in total. The average molecular weight is 424 g/mol. The molecule has 0 atom stereocenters. The van der Waals surface area contributed by atoms with Crippen LogP contribution < -0.4 is 15.4 Å². The zero-order valence-corrected chi connectivity index (χ0v) is 17.6. The summed E-state index contributed by atoms with van der Waals surface area (Å²) in [6.45, 7) is 5.54. The Labute approximate surface area is 185 Å². The minimum Gasteiger partial charge on any atom is -0.439 e. The third-order valence-electron chi connectivity index (χ3n) is 4.57. The molecule has 0 radical (unpaired) electrons. The monoisotopic (exact) mass is 424 g/mol. The maximum Gasteiger partial charge on any atom is 0.300 e. The van der Waals surface area contributed by atoms with E-state index in [1.807, 2.05) is 43.4 Å². The first-order chi connectivity index (χ1) is 15.5. The van der Waals surface area contributed by atoms with Gasteiger partial charge in [-0.3, -0.25) is 4.79 Å². The number of rotatable bonds is 5. The molecule has 0 aliphatic carbocycles. The molecule has 2 N–H and O–H groups in total. The highest BCUT2D eigenvalue weighted by molar-refractivity contribution is 6.05. The number of nitrogens with zero attached hydrogens (tertiary/aromatic N) is 4. The van der Waals surface area contributed by atoms with Crippen molar-refractivity contribution >= 4 is 40.3 Å². The van der Waals surface area contributed by atoms with E-state index in [1.54, 1.807) is 30.3 Å². The molecule has 2 aromatic carbocycles. The summed E-state index contributed by atoms with van der Waals surface area (Å²) in [5.74, 6) is 6.39. The Kier molecular flexibility index (Phi) is 5.81. The SMILES string of the molecule is C=C1C=C(Oc2ccc(Nc3ncnc4ccc(NC(=O)C#CC)cc34)cc2)N=CN1C. The molecule has 158 valence electrons. The highest BCUT2D eigenvalue weighted by atomic mass is 16.5. The quantitative estimate of drug-likeness (QED) is 0.601. The molecule has 0 saturated heterocycles. The van der Waals surface area contributed by atoms with Crippen molar-refractivity contribution in [2.75, 3.05) is 17.7 Å². The van der Waals surface area contributed by atoms with E-state index in [0.717, 1.165) is 22.3 Å². The highest BCUT2D eigenvalue weighted by Gasteiger charge is 2.09. The number of aromatic nitrogens is 2. The summed E-state index contributed by atoms with van der Waals surface area (Å²) in [5, 5.41) is 6.79. The van der Waals surface area contributed by atoms with E-state index in [2.05, 4.69) is 44.0 Å². The molecule has 0 spiro atoms. The minimum atomic E-state index is -0.374. The maximum atomic E-state index is 11.8. The third kappa shape index (κ3) is 4.74. The topological polar surface area (TPSA) is 91.7 Å². The Morgan fingerprint density at radius 1 is 1.12 bits per heavy atom. The molecule has 0 unspecified atom stereocenters. The summed E-state index contributed by atoms with van der Waals surface area (Å²) in [4.78, 5) is 26.4. The number of ether oxygens (including phenoxy) is 1. The van der Waals surface area contributed by atoms with Crippen LogP contribution in [0.3, 0.4) is 0 Å². The Hall–Kier alpha value is -4.64. The Bertz CT molecular complexity index is 1320. The lowest BCUT2D eigenvalue weighted by atomic mass is 10.2. The van der Waals surface area contributed by atoms with Crippen molar-refractivity contribution in [2.24, 2.45) is 4.99 Å². The van der Waals surface area contributed by atoms with E-state index < -0.39 is 0 Å². The lowest BCUT2D eigenvalue weighted by Crippen LogP contribution is -2.17. The van der Waals surface area contributed by atoms with Crippen LogP contribution in [0.2, 0.25) is 0 Å². The Morgan fingerprint density at radius 3 is 2.66 bits per heavy atom. The first-order valence-corrected chi connectivity index (χ1v) is 9.73. The molecule has 0 bridgehead atoms. The zero-order chi connectivity index (χ0) is 22.5. The Morgan fingerprint density at radius 2 is 1.91 bits per heavy atom. The van der Waals surface area contributed by atoms with Crippen molar-refractivity contribution < 1.29 is 9.53 Å². The van der Waals surface area contributed by atoms with E-state index in [1.165, 1.54) is 6.33 Å². The van der Waals surface area contributed by atoms with Gasteiger partial charge in [-0.15, -0.1) is 0 Å². The van der Waals surface area contributed by atoms with Gasteiger partial charge in [0.05, 0.1) is 11.9 Å². The van der Waals surface area contributed by atoms with Crippen molar-refractivity contribution in [1.29, 1.82) is 0 Å². The van der Waals surface area contributed by atoms with Crippen LogP contribution in [0.25, 0.3) is 10.9 Å². The van der Waals surface area contributed by atoms with Crippen molar-refractivity contribution in [2.45, 2.75) is 6.92 Å². The van der Waals surface area contributed by atoms with Gasteiger partial charge in [0.1, 0.15) is 17.9 Å². The number of amides is 1. The number of likely N-dealkylation sites (N-methyl/N-ethyl adjacent to an activating group) is 1. The summed E-state index contributed by atoms with van der Waals surface area (Å²) in [6.07, 6.45) is 4.90. The molecule has 1 aliphatic heterocycles. The molecule has 0 saturated carbocycles. The normalized spacial score (nSPS) is 12.6. The summed E-state index contributed by atoms with van der Waals surface area (Å²) in [5.41, 5.74) is 2.96. The lowest BCUT2D eigenvalue weighted by molar-refractivity contribution is -0.111. The number of aliphatic imine (C=N–C) groups is 1.